The third kappa shape index (κ3) is 2.07. The van der Waals surface area contributed by atoms with E-state index in [2.05, 4.69) is 20.8 Å². The molecule has 0 spiro atoms. The first kappa shape index (κ1) is 15.5. The van der Waals surface area contributed by atoms with Gasteiger partial charge in [-0.05, 0) is 91.8 Å². The topological polar surface area (TPSA) is 0 Å². The highest BCUT2D eigenvalue weighted by Gasteiger charge is 2.59. The molecule has 7 unspecified atom stereocenters. The molecule has 0 aliphatic heterocycles. The molecule has 4 fully saturated rings. The van der Waals surface area contributed by atoms with Crippen molar-refractivity contribution >= 4 is 0 Å². The van der Waals surface area contributed by atoms with Gasteiger partial charge in [0.1, 0.15) is 0 Å². The highest BCUT2D eigenvalue weighted by molar-refractivity contribution is 5.08. The van der Waals surface area contributed by atoms with E-state index in [0.717, 1.165) is 40.4 Å². The number of hydrogen-bond donors (Lipinski definition) is 0. The van der Waals surface area contributed by atoms with Gasteiger partial charge in [-0.25, -0.2) is 0 Å². The summed E-state index contributed by atoms with van der Waals surface area (Å²) in [6.45, 7) is 7.82. The molecular weight excluding hydrogens is 264 g/mol. The molecule has 22 heavy (non-hydrogen) atoms. The zero-order chi connectivity index (χ0) is 15.4. The second-order valence-electron chi connectivity index (χ2n) is 10.0. The molecule has 7 atom stereocenters. The summed E-state index contributed by atoms with van der Waals surface area (Å²) in [5.41, 5.74) is 1.44. The van der Waals surface area contributed by atoms with E-state index in [1.165, 1.54) is 25.7 Å². The fourth-order valence-corrected chi connectivity index (χ4v) is 8.23. The number of hydrogen-bond acceptors (Lipinski definition) is 0. The average molecular weight is 303 g/mol. The van der Waals surface area contributed by atoms with Crippen molar-refractivity contribution in [3.05, 3.63) is 0 Å². The van der Waals surface area contributed by atoms with Crippen molar-refractivity contribution in [1.82, 2.24) is 0 Å². The third-order valence-corrected chi connectivity index (χ3v) is 9.42. The Morgan fingerprint density at radius 1 is 0.773 bits per heavy atom. The highest BCUT2D eigenvalue weighted by Crippen LogP contribution is 2.67. The molecule has 0 saturated heterocycles. The van der Waals surface area contributed by atoms with Crippen molar-refractivity contribution in [3.8, 4) is 0 Å². The van der Waals surface area contributed by atoms with Crippen molar-refractivity contribution < 1.29 is 0 Å². The van der Waals surface area contributed by atoms with E-state index >= 15 is 0 Å². The maximum Gasteiger partial charge on any atom is -0.0266 e. The normalized spacial score (nSPS) is 54.4. The van der Waals surface area contributed by atoms with Gasteiger partial charge in [0.15, 0.2) is 0 Å². The van der Waals surface area contributed by atoms with Crippen LogP contribution in [0, 0.1) is 40.4 Å². The highest BCUT2D eigenvalue weighted by atomic mass is 14.6. The summed E-state index contributed by atoms with van der Waals surface area (Å²) in [6.07, 6.45) is 18.5. The van der Waals surface area contributed by atoms with Crippen LogP contribution in [0.2, 0.25) is 0 Å². The fraction of sp³-hybridized carbons (Fsp3) is 1.00. The largest absolute Gasteiger partial charge is 0.0654 e. The Morgan fingerprint density at radius 2 is 1.59 bits per heavy atom. The van der Waals surface area contributed by atoms with Crippen molar-refractivity contribution in [2.45, 2.75) is 97.8 Å². The summed E-state index contributed by atoms with van der Waals surface area (Å²) in [4.78, 5) is 0. The Hall–Kier alpha value is 0. The van der Waals surface area contributed by atoms with Crippen molar-refractivity contribution in [2.24, 2.45) is 40.4 Å². The minimum Gasteiger partial charge on any atom is -0.0654 e. The Bertz CT molecular complexity index is 412. The Morgan fingerprint density at radius 3 is 2.41 bits per heavy atom. The second kappa shape index (κ2) is 5.52. The SMILES string of the molecule is CCCC1CCC2C3CCC4CCCCC4(C)C3CCC12C. The summed E-state index contributed by atoms with van der Waals surface area (Å²) in [7, 11) is 0. The lowest BCUT2D eigenvalue weighted by atomic mass is 9.45. The van der Waals surface area contributed by atoms with E-state index in [-0.39, 0.29) is 0 Å². The summed E-state index contributed by atoms with van der Waals surface area (Å²) in [5, 5.41) is 0. The van der Waals surface area contributed by atoms with Crippen LogP contribution in [0.5, 0.6) is 0 Å². The molecule has 0 amide bonds. The van der Waals surface area contributed by atoms with E-state index in [9.17, 15) is 0 Å². The maximum atomic E-state index is 2.72. The molecule has 126 valence electrons. The van der Waals surface area contributed by atoms with E-state index in [4.69, 9.17) is 0 Å². The molecule has 4 aliphatic carbocycles. The first-order valence-electron chi connectivity index (χ1n) is 10.6. The molecule has 0 heteroatoms. The number of rotatable bonds is 2. The van der Waals surface area contributed by atoms with Gasteiger partial charge in [-0.3, -0.25) is 0 Å². The fourth-order valence-electron chi connectivity index (χ4n) is 8.23. The lowest BCUT2D eigenvalue weighted by Gasteiger charge is -2.60. The molecule has 4 aliphatic rings. The predicted octanol–water partition coefficient (Wildman–Crippen LogP) is 6.84. The summed E-state index contributed by atoms with van der Waals surface area (Å²) in [6, 6.07) is 0. The van der Waals surface area contributed by atoms with Crippen molar-refractivity contribution in [3.63, 3.8) is 0 Å². The second-order valence-corrected chi connectivity index (χ2v) is 10.0. The van der Waals surface area contributed by atoms with Crippen LogP contribution < -0.4 is 0 Å². The summed E-state index contributed by atoms with van der Waals surface area (Å²) >= 11 is 0. The Labute approximate surface area is 138 Å². The van der Waals surface area contributed by atoms with Gasteiger partial charge < -0.3 is 0 Å². The van der Waals surface area contributed by atoms with Crippen LogP contribution >= 0.6 is 0 Å². The van der Waals surface area contributed by atoms with Crippen LogP contribution in [0.15, 0.2) is 0 Å². The van der Waals surface area contributed by atoms with Crippen LogP contribution in [0.25, 0.3) is 0 Å². The smallest absolute Gasteiger partial charge is 0.0266 e. The molecule has 0 heterocycles. The molecule has 0 bridgehead atoms. The lowest BCUT2D eigenvalue weighted by Crippen LogP contribution is -2.52. The summed E-state index contributed by atoms with van der Waals surface area (Å²) in [5.74, 6) is 5.41. The van der Waals surface area contributed by atoms with E-state index in [1.807, 2.05) is 0 Å². The van der Waals surface area contributed by atoms with Gasteiger partial charge in [-0.1, -0.05) is 46.5 Å². The van der Waals surface area contributed by atoms with E-state index < -0.39 is 0 Å². The zero-order valence-electron chi connectivity index (χ0n) is 15.4. The first-order valence-corrected chi connectivity index (χ1v) is 10.6. The third-order valence-electron chi connectivity index (χ3n) is 9.42. The van der Waals surface area contributed by atoms with Crippen LogP contribution in [0.1, 0.15) is 97.8 Å². The lowest BCUT2D eigenvalue weighted by molar-refractivity contribution is -0.111. The Kier molecular flexibility index (Phi) is 3.90. The van der Waals surface area contributed by atoms with Gasteiger partial charge in [-0.2, -0.15) is 0 Å². The van der Waals surface area contributed by atoms with Gasteiger partial charge in [-0.15, -0.1) is 0 Å². The van der Waals surface area contributed by atoms with Gasteiger partial charge in [0.2, 0.25) is 0 Å². The first-order chi connectivity index (χ1) is 10.6. The van der Waals surface area contributed by atoms with Gasteiger partial charge >= 0.3 is 0 Å². The molecule has 0 aromatic rings. The van der Waals surface area contributed by atoms with Crippen molar-refractivity contribution in [1.29, 1.82) is 0 Å². The maximum absolute atomic E-state index is 2.72. The zero-order valence-corrected chi connectivity index (χ0v) is 15.4. The molecule has 0 N–H and O–H groups in total. The molecule has 0 aromatic carbocycles. The van der Waals surface area contributed by atoms with Crippen LogP contribution in [0.3, 0.4) is 0 Å². The van der Waals surface area contributed by atoms with Crippen LogP contribution in [0.4, 0.5) is 0 Å². The number of fused-ring (bicyclic) bond motifs is 5. The van der Waals surface area contributed by atoms with Gasteiger partial charge in [0.05, 0.1) is 0 Å². The molecule has 4 rings (SSSR count). The van der Waals surface area contributed by atoms with E-state index in [1.54, 1.807) is 51.4 Å². The Balaban J connectivity index is 1.59. The van der Waals surface area contributed by atoms with Crippen LogP contribution in [-0.2, 0) is 0 Å². The van der Waals surface area contributed by atoms with E-state index in [0.29, 0.717) is 0 Å². The van der Waals surface area contributed by atoms with Crippen molar-refractivity contribution in [2.75, 3.05) is 0 Å². The molecule has 0 radical (unpaired) electrons. The van der Waals surface area contributed by atoms with Crippen LogP contribution in [-0.4, -0.2) is 0 Å². The quantitative estimate of drug-likeness (QED) is 0.524. The summed E-state index contributed by atoms with van der Waals surface area (Å²) < 4.78 is 0. The standard InChI is InChI=1S/C22H38/c1-4-7-16-10-12-19-18-11-9-17-8-5-6-14-21(17,2)20(18)13-15-22(16,19)3/h16-20H,4-15H2,1-3H3. The monoisotopic (exact) mass is 302 g/mol. The molecular formula is C22H38. The molecule has 0 nitrogen and oxygen atoms in total. The van der Waals surface area contributed by atoms with Gasteiger partial charge in [0, 0.05) is 0 Å². The minimum absolute atomic E-state index is 0.717. The minimum atomic E-state index is 0.717. The average Bonchev–Trinajstić information content (AvgIpc) is 2.84. The molecule has 4 saturated carbocycles. The predicted molar refractivity (Wildman–Crippen MR) is 94.7 cm³/mol. The molecule has 0 aromatic heterocycles. The van der Waals surface area contributed by atoms with Gasteiger partial charge in [0.25, 0.3) is 0 Å².